The molecule has 5 nitrogen and oxygen atoms in total. The van der Waals surface area contributed by atoms with Gasteiger partial charge in [0.25, 0.3) is 0 Å². The molecular weight excluding hydrogens is 880 g/mol. The van der Waals surface area contributed by atoms with Gasteiger partial charge in [-0.1, -0.05) is 119 Å². The second-order valence-electron chi connectivity index (χ2n) is 16.6. The zero-order valence-corrected chi connectivity index (χ0v) is 35.1. The number of hydrogen-bond donors (Lipinski definition) is 0. The molecule has 8 bridgehead atoms. The quantitative estimate of drug-likeness (QED) is 0.162. The van der Waals surface area contributed by atoms with Gasteiger partial charge < -0.3 is 19.1 Å². The van der Waals surface area contributed by atoms with Crippen molar-refractivity contribution in [3.8, 4) is 17.3 Å². The maximum absolute atomic E-state index is 6.87. The summed E-state index contributed by atoms with van der Waals surface area (Å²) in [7, 11) is 0. The van der Waals surface area contributed by atoms with Crippen LogP contribution in [0.25, 0.3) is 27.6 Å². The molecule has 286 valence electrons. The summed E-state index contributed by atoms with van der Waals surface area (Å²) in [5.74, 6) is 2.12. The summed E-state index contributed by atoms with van der Waals surface area (Å²) in [6.07, 6.45) is 3.83. The minimum Gasteiger partial charge on any atom is -0.509 e. The minimum absolute atomic E-state index is 0. The van der Waals surface area contributed by atoms with E-state index in [1.54, 1.807) is 0 Å². The van der Waals surface area contributed by atoms with Gasteiger partial charge in [-0.05, 0) is 81.6 Å². The van der Waals surface area contributed by atoms with Crippen molar-refractivity contribution < 1.29 is 25.8 Å². The van der Waals surface area contributed by atoms with Gasteiger partial charge in [0.1, 0.15) is 5.82 Å². The van der Waals surface area contributed by atoms with E-state index in [-0.39, 0.29) is 31.9 Å². The molecule has 3 aliphatic rings. The van der Waals surface area contributed by atoms with Gasteiger partial charge in [0.2, 0.25) is 0 Å². The normalized spacial score (nSPS) is 13.8. The topological polar surface area (TPSA) is 33.5 Å². The molecule has 0 unspecified atom stereocenters. The van der Waals surface area contributed by atoms with E-state index in [4.69, 9.17) is 9.72 Å². The van der Waals surface area contributed by atoms with Gasteiger partial charge in [0, 0.05) is 61.3 Å². The van der Waals surface area contributed by atoms with E-state index in [2.05, 4.69) is 201 Å². The maximum Gasteiger partial charge on any atom is 0.135 e. The summed E-state index contributed by atoms with van der Waals surface area (Å²) in [5.41, 5.74) is 12.0. The van der Waals surface area contributed by atoms with Crippen molar-refractivity contribution in [3.63, 3.8) is 0 Å². The van der Waals surface area contributed by atoms with Crippen LogP contribution in [0.5, 0.6) is 11.5 Å². The molecule has 8 aromatic rings. The van der Waals surface area contributed by atoms with Crippen molar-refractivity contribution in [1.29, 1.82) is 0 Å². The van der Waals surface area contributed by atoms with E-state index in [1.165, 1.54) is 22.3 Å². The minimum atomic E-state index is -0.327. The monoisotopic (exact) mass is 922 g/mol. The number of hydrogen-bond acceptors (Lipinski definition) is 4. The van der Waals surface area contributed by atoms with Crippen LogP contribution in [0.3, 0.4) is 0 Å². The number of fused-ring (bicyclic) bond motifs is 6. The van der Waals surface area contributed by atoms with Gasteiger partial charge >= 0.3 is 0 Å². The molecule has 0 fully saturated rings. The molecule has 0 aliphatic carbocycles. The number of ether oxygens (including phenoxy) is 1. The Balaban J connectivity index is 0.00000422. The summed E-state index contributed by atoms with van der Waals surface area (Å²) in [5, 5.41) is 2.26. The summed E-state index contributed by atoms with van der Waals surface area (Å²) in [6.45, 7) is 13.7. The van der Waals surface area contributed by atoms with Crippen molar-refractivity contribution in [2.75, 3.05) is 9.80 Å². The predicted octanol–water partition coefficient (Wildman–Crippen LogP) is 12.7. The van der Waals surface area contributed by atoms with Gasteiger partial charge in [-0.15, -0.1) is 53.6 Å². The zero-order valence-electron chi connectivity index (χ0n) is 32.8. The Kier molecular flexibility index (Phi) is 9.13. The Morgan fingerprint density at radius 2 is 1.30 bits per heavy atom. The molecule has 2 aromatic heterocycles. The third-order valence-electron chi connectivity index (χ3n) is 11.6. The second kappa shape index (κ2) is 14.1. The average Bonchev–Trinajstić information content (AvgIpc) is 3.76. The number of aromatic nitrogens is 2. The molecular formula is C51H43N4OPt-3. The molecule has 6 aromatic carbocycles. The Hall–Kier alpha value is -5.64. The molecule has 11 rings (SSSR count). The molecule has 0 N–H and O–H groups in total. The van der Waals surface area contributed by atoms with E-state index in [0.29, 0.717) is 11.5 Å². The third kappa shape index (κ3) is 6.33. The van der Waals surface area contributed by atoms with Crippen molar-refractivity contribution in [2.24, 2.45) is 0 Å². The van der Waals surface area contributed by atoms with Crippen LogP contribution in [0.4, 0.5) is 22.7 Å². The van der Waals surface area contributed by atoms with E-state index in [9.17, 15) is 0 Å². The number of pyridine rings is 1. The molecule has 0 radical (unpaired) electrons. The largest absolute Gasteiger partial charge is 0.509 e. The van der Waals surface area contributed by atoms with Crippen LogP contribution < -0.4 is 14.5 Å². The third-order valence-corrected chi connectivity index (χ3v) is 11.6. The van der Waals surface area contributed by atoms with Crippen LogP contribution >= 0.6 is 0 Å². The fourth-order valence-electron chi connectivity index (χ4n) is 8.60. The molecule has 6 heteroatoms. The average molecular weight is 923 g/mol. The molecule has 0 saturated heterocycles. The summed E-state index contributed by atoms with van der Waals surface area (Å²) in [4.78, 5) is 9.78. The van der Waals surface area contributed by atoms with Crippen molar-refractivity contribution in [2.45, 2.75) is 58.3 Å². The Bertz CT molecular complexity index is 2800. The molecule has 0 saturated carbocycles. The molecule has 3 aliphatic heterocycles. The van der Waals surface area contributed by atoms with E-state index >= 15 is 0 Å². The Labute approximate surface area is 349 Å². The van der Waals surface area contributed by atoms with Gasteiger partial charge in [-0.3, -0.25) is 0 Å². The number of rotatable bonds is 2. The number of nitrogens with zero attached hydrogens (tertiary/aromatic N) is 4. The first-order valence-electron chi connectivity index (χ1n) is 19.5. The van der Waals surface area contributed by atoms with Crippen molar-refractivity contribution in [1.82, 2.24) is 9.55 Å². The fraction of sp³-hybridized carbons (Fsp3) is 0.176. The summed E-state index contributed by atoms with van der Waals surface area (Å²) >= 11 is 0. The predicted molar refractivity (Wildman–Crippen MR) is 229 cm³/mol. The first-order valence-corrected chi connectivity index (χ1v) is 19.5. The summed E-state index contributed by atoms with van der Waals surface area (Å²) in [6, 6.07) is 54.9. The Morgan fingerprint density at radius 1 is 0.614 bits per heavy atom. The molecule has 0 spiro atoms. The van der Waals surface area contributed by atoms with E-state index in [0.717, 1.165) is 68.8 Å². The fourth-order valence-corrected chi connectivity index (χ4v) is 8.60. The van der Waals surface area contributed by atoms with Crippen molar-refractivity contribution >= 4 is 44.6 Å². The van der Waals surface area contributed by atoms with Crippen LogP contribution in [-0.4, -0.2) is 9.55 Å². The van der Waals surface area contributed by atoms with Crippen LogP contribution in [0.2, 0.25) is 0 Å². The standard InChI is InChI=1S/C51H43N4O.Pt/c1-50(2,3)43-31-49-52-32-35(43)24-23-34-15-9-11-19-44(34)54-33-53(46-21-13-14-22-47(46)54)38-27-37(51(4,5)36-16-7-6-8-17-36)28-40(29-38)56-39-25-26-42-41-18-10-12-20-45(41)55(49)48(42)30-39;/h6-22,25-28,31-33H,23-24H2,1-5H3;/q-3;. The van der Waals surface area contributed by atoms with Crippen LogP contribution in [0.15, 0.2) is 140 Å². The number of anilines is 4. The number of benzene rings is 6. The SMILES string of the molecule is CC(C)(C)c1cc2ncc1CCc1ccccc1N1[CH-]N(c3[c-]c(cc(C(C)(C)c4ccccc4)c3)Oc3[c-]c4c(cc3)c3ccccc3n4-2)c2ccccc21.[Pt]. The first kappa shape index (κ1) is 37.0. The zero-order chi connectivity index (χ0) is 38.2. The van der Waals surface area contributed by atoms with Gasteiger partial charge in [0.05, 0.1) is 0 Å². The molecule has 0 amide bonds. The smallest absolute Gasteiger partial charge is 0.135 e. The van der Waals surface area contributed by atoms with Crippen molar-refractivity contribution in [3.05, 3.63) is 186 Å². The van der Waals surface area contributed by atoms with E-state index in [1.807, 2.05) is 6.07 Å². The molecule has 57 heavy (non-hydrogen) atoms. The van der Waals surface area contributed by atoms with Crippen LogP contribution in [0, 0.1) is 18.8 Å². The number of aryl methyl sites for hydroxylation is 2. The first-order chi connectivity index (χ1) is 27.1. The van der Waals surface area contributed by atoms with Gasteiger partial charge in [0.15, 0.2) is 0 Å². The summed E-state index contributed by atoms with van der Waals surface area (Å²) < 4.78 is 9.12. The van der Waals surface area contributed by atoms with E-state index < -0.39 is 0 Å². The van der Waals surface area contributed by atoms with Gasteiger partial charge in [-0.25, -0.2) is 4.98 Å². The number of para-hydroxylation sites is 4. The molecule has 0 atom stereocenters. The second-order valence-corrected chi connectivity index (χ2v) is 16.6. The van der Waals surface area contributed by atoms with Crippen LogP contribution in [-0.2, 0) is 44.7 Å². The molecule has 5 heterocycles. The Morgan fingerprint density at radius 3 is 2.09 bits per heavy atom. The maximum atomic E-state index is 6.87. The van der Waals surface area contributed by atoms with Crippen LogP contribution in [0.1, 0.15) is 62.4 Å². The van der Waals surface area contributed by atoms with Gasteiger partial charge in [-0.2, -0.15) is 6.07 Å².